The number of nitrogens with zero attached hydrogens (tertiary/aromatic N) is 1. The average molecular weight is 695 g/mol. The zero-order valence-electron chi connectivity index (χ0n) is 25.0. The fraction of sp³-hybridized carbons (Fsp3) is 0.0256. The Labute approximate surface area is 284 Å². The van der Waals surface area contributed by atoms with Crippen LogP contribution in [0.4, 0.5) is 17.3 Å². The summed E-state index contributed by atoms with van der Waals surface area (Å²) in [7, 11) is -6.00. The summed E-state index contributed by atoms with van der Waals surface area (Å²) in [5.74, 6) is 13.8. The third kappa shape index (κ3) is 19.3. The molecule has 2 aliphatic carbocycles. The molecule has 227 valence electrons. The quantitative estimate of drug-likeness (QED) is 0.102. The van der Waals surface area contributed by atoms with Crippen LogP contribution in [0, 0.1) is 40.9 Å². The molecule has 4 aromatic rings. The second-order valence-corrected chi connectivity index (χ2v) is 8.84. The first kappa shape index (κ1) is 38.9. The van der Waals surface area contributed by atoms with E-state index in [0.29, 0.717) is 0 Å². The van der Waals surface area contributed by atoms with Gasteiger partial charge in [0.05, 0.1) is 6.07 Å². The minimum Gasteiger partial charge on any atom is -0.418 e. The van der Waals surface area contributed by atoms with E-state index in [1.54, 1.807) is 6.07 Å². The third-order valence-electron chi connectivity index (χ3n) is 5.35. The Morgan fingerprint density at radius 1 is 0.478 bits per heavy atom. The van der Waals surface area contributed by atoms with Crippen LogP contribution in [0.15, 0.2) is 169 Å². The van der Waals surface area contributed by atoms with Crippen molar-refractivity contribution in [3.8, 4) is 29.8 Å². The molecular weight excluding hydrogens is 665 g/mol. The van der Waals surface area contributed by atoms with Crippen LogP contribution >= 0.6 is 0 Å². The van der Waals surface area contributed by atoms with Gasteiger partial charge in [0.2, 0.25) is 0 Å². The maximum atomic E-state index is 9.75. The third-order valence-corrected chi connectivity index (χ3v) is 5.35. The van der Waals surface area contributed by atoms with E-state index in [2.05, 4.69) is 66.2 Å². The van der Waals surface area contributed by atoms with Gasteiger partial charge in [0, 0.05) is 35.1 Å². The Kier molecular flexibility index (Phi) is 19.7. The van der Waals surface area contributed by atoms with Crippen LogP contribution in [0.1, 0.15) is 29.2 Å². The first-order valence-corrected chi connectivity index (χ1v) is 13.8. The molecule has 0 bridgehead atoms. The molecule has 0 fully saturated rings. The molecule has 46 heavy (non-hydrogen) atoms. The minimum absolute atomic E-state index is 0. The SMILES string of the molecule is C(#Cc1ccccc1)c1ccccc1.C(#Cc1ccccc1)c1ccccc1.C1=C[C]2C=CC=C2C=C1.CC#N.F[B-](F)(F)F.[Mo+2]. The molecule has 4 aromatic carbocycles. The molecule has 7 heteroatoms. The second-order valence-electron chi connectivity index (χ2n) is 8.84. The molecule has 0 spiro atoms. The predicted molar refractivity (Wildman–Crippen MR) is 178 cm³/mol. The molecule has 0 saturated heterocycles. The number of hydrogen-bond acceptors (Lipinski definition) is 1. The van der Waals surface area contributed by atoms with Crippen molar-refractivity contribution >= 4 is 7.25 Å². The Morgan fingerprint density at radius 3 is 1.02 bits per heavy atom. The van der Waals surface area contributed by atoms with Crippen molar-refractivity contribution in [2.24, 2.45) is 0 Å². The zero-order valence-corrected chi connectivity index (χ0v) is 27.0. The Bertz CT molecular complexity index is 1520. The first-order chi connectivity index (χ1) is 21.8. The summed E-state index contributed by atoms with van der Waals surface area (Å²) in [4.78, 5) is 0. The van der Waals surface area contributed by atoms with Gasteiger partial charge in [0.15, 0.2) is 0 Å². The second kappa shape index (κ2) is 23.3. The van der Waals surface area contributed by atoms with E-state index in [4.69, 9.17) is 5.26 Å². The standard InChI is InChI=1S/2C14H10.C9H7.C2H3N.BF4.Mo/c2*1-3-7-13(8-4-1)11-12-14-9-5-2-6-10-14;1-2-5-9-7-3-6-8(9)4-1;1-2-3;2-1(3,4)5;/h2*1-10H;1-7H;1H3;;/q;;;;-1;+2. The molecular formula is C39H30BF4MoN+. The van der Waals surface area contributed by atoms with Gasteiger partial charge < -0.3 is 17.3 Å². The topological polar surface area (TPSA) is 23.8 Å². The molecule has 0 aromatic heterocycles. The summed E-state index contributed by atoms with van der Waals surface area (Å²) in [5, 5.41) is 7.32. The summed E-state index contributed by atoms with van der Waals surface area (Å²) in [6.45, 7) is 1.43. The van der Waals surface area contributed by atoms with Crippen LogP contribution in [-0.4, -0.2) is 7.25 Å². The smallest absolute Gasteiger partial charge is 0.418 e. The van der Waals surface area contributed by atoms with Gasteiger partial charge in [-0.1, -0.05) is 139 Å². The van der Waals surface area contributed by atoms with E-state index < -0.39 is 7.25 Å². The Morgan fingerprint density at radius 2 is 0.739 bits per heavy atom. The van der Waals surface area contributed by atoms with Crippen LogP contribution in [-0.2, 0) is 21.1 Å². The number of hydrogen-bond donors (Lipinski definition) is 0. The van der Waals surface area contributed by atoms with Crippen LogP contribution in [0.5, 0.6) is 0 Å². The molecule has 6 rings (SSSR count). The van der Waals surface area contributed by atoms with Gasteiger partial charge in [-0.05, 0) is 54.1 Å². The maximum Gasteiger partial charge on any atom is 2.00 e. The number of halogens is 4. The van der Waals surface area contributed by atoms with Gasteiger partial charge in [-0.3, -0.25) is 0 Å². The number of benzene rings is 4. The fourth-order valence-corrected chi connectivity index (χ4v) is 3.44. The Balaban J connectivity index is 0.000000311. The van der Waals surface area contributed by atoms with E-state index >= 15 is 0 Å². The molecule has 0 atom stereocenters. The zero-order chi connectivity index (χ0) is 32.6. The normalized spacial score (nSPS) is 11.3. The first-order valence-electron chi connectivity index (χ1n) is 13.8. The number of nitriles is 1. The number of allylic oxidation sites excluding steroid dienone is 8. The summed E-state index contributed by atoms with van der Waals surface area (Å²) < 4.78 is 39.0. The maximum absolute atomic E-state index is 9.75. The molecule has 0 aliphatic heterocycles. The van der Waals surface area contributed by atoms with E-state index in [1.807, 2.05) is 121 Å². The van der Waals surface area contributed by atoms with E-state index in [1.165, 1.54) is 18.4 Å². The van der Waals surface area contributed by atoms with Crippen LogP contribution in [0.2, 0.25) is 0 Å². The van der Waals surface area contributed by atoms with Gasteiger partial charge in [0.25, 0.3) is 0 Å². The molecule has 0 heterocycles. The van der Waals surface area contributed by atoms with Gasteiger partial charge >= 0.3 is 28.3 Å². The molecule has 0 amide bonds. The van der Waals surface area contributed by atoms with Crippen molar-refractivity contribution in [1.82, 2.24) is 0 Å². The summed E-state index contributed by atoms with van der Waals surface area (Å²) >= 11 is 0. The van der Waals surface area contributed by atoms with Gasteiger partial charge in [-0.2, -0.15) is 5.26 Å². The van der Waals surface area contributed by atoms with E-state index in [-0.39, 0.29) is 21.1 Å². The van der Waals surface area contributed by atoms with Crippen molar-refractivity contribution < 1.29 is 38.3 Å². The van der Waals surface area contributed by atoms with Crippen molar-refractivity contribution in [1.29, 1.82) is 5.26 Å². The van der Waals surface area contributed by atoms with Gasteiger partial charge in [0.1, 0.15) is 0 Å². The number of fused-ring (bicyclic) bond motifs is 1. The minimum atomic E-state index is -6.00. The summed E-state index contributed by atoms with van der Waals surface area (Å²) in [5.41, 5.74) is 5.54. The van der Waals surface area contributed by atoms with Gasteiger partial charge in [-0.15, -0.1) is 0 Å². The van der Waals surface area contributed by atoms with Crippen molar-refractivity contribution in [3.63, 3.8) is 0 Å². The molecule has 1 radical (unpaired) electrons. The van der Waals surface area contributed by atoms with E-state index in [9.17, 15) is 17.3 Å². The molecule has 0 N–H and O–H groups in total. The average Bonchev–Trinajstić information content (AvgIpc) is 3.54. The van der Waals surface area contributed by atoms with Crippen molar-refractivity contribution in [3.05, 3.63) is 198 Å². The molecule has 0 unspecified atom stereocenters. The Hall–Kier alpha value is -5.08. The van der Waals surface area contributed by atoms with E-state index in [0.717, 1.165) is 22.3 Å². The van der Waals surface area contributed by atoms with Crippen LogP contribution in [0.3, 0.4) is 0 Å². The molecule has 2 aliphatic rings. The summed E-state index contributed by atoms with van der Waals surface area (Å²) in [6, 6.07) is 41.8. The van der Waals surface area contributed by atoms with Crippen molar-refractivity contribution in [2.75, 3.05) is 0 Å². The fourth-order valence-electron chi connectivity index (χ4n) is 3.44. The van der Waals surface area contributed by atoms with Crippen LogP contribution in [0.25, 0.3) is 0 Å². The largest absolute Gasteiger partial charge is 2.00 e. The van der Waals surface area contributed by atoms with Gasteiger partial charge in [-0.25, -0.2) is 0 Å². The molecule has 0 saturated carbocycles. The molecule has 1 nitrogen and oxygen atoms in total. The monoisotopic (exact) mass is 697 g/mol. The predicted octanol–water partition coefficient (Wildman–Crippen LogP) is 10.2. The number of rotatable bonds is 0. The van der Waals surface area contributed by atoms with Crippen molar-refractivity contribution in [2.45, 2.75) is 6.92 Å². The summed E-state index contributed by atoms with van der Waals surface area (Å²) in [6.07, 6.45) is 14.7. The van der Waals surface area contributed by atoms with Crippen LogP contribution < -0.4 is 0 Å².